The van der Waals surface area contributed by atoms with Gasteiger partial charge >= 0.3 is 0 Å². The zero-order chi connectivity index (χ0) is 15.5. The number of likely N-dealkylation sites (tertiary alicyclic amines) is 1. The molecule has 2 nitrogen and oxygen atoms in total. The molecule has 1 aliphatic heterocycles. The second-order valence-electron chi connectivity index (χ2n) is 6.37. The van der Waals surface area contributed by atoms with Crippen molar-refractivity contribution in [3.05, 3.63) is 71.3 Å². The van der Waals surface area contributed by atoms with Crippen LogP contribution in [0.25, 0.3) is 0 Å². The summed E-state index contributed by atoms with van der Waals surface area (Å²) in [4.78, 5) is 2.59. The van der Waals surface area contributed by atoms with E-state index in [9.17, 15) is 0 Å². The fraction of sp³-hybridized carbons (Fsp3) is 0.400. The average molecular weight is 294 g/mol. The molecule has 0 radical (unpaired) electrons. The van der Waals surface area contributed by atoms with Gasteiger partial charge in [0, 0.05) is 24.7 Å². The largest absolute Gasteiger partial charge is 0.323 e. The molecule has 1 saturated heterocycles. The Labute approximate surface area is 134 Å². The third kappa shape index (κ3) is 2.94. The smallest absolute Gasteiger partial charge is 0.0453 e. The van der Waals surface area contributed by atoms with Crippen molar-refractivity contribution < 1.29 is 0 Å². The highest BCUT2D eigenvalue weighted by atomic mass is 15.3. The molecule has 0 spiro atoms. The van der Waals surface area contributed by atoms with Crippen molar-refractivity contribution in [1.29, 1.82) is 0 Å². The lowest BCUT2D eigenvalue weighted by atomic mass is 9.86. The summed E-state index contributed by atoms with van der Waals surface area (Å²) < 4.78 is 0. The summed E-state index contributed by atoms with van der Waals surface area (Å²) >= 11 is 0. The van der Waals surface area contributed by atoms with E-state index in [1.807, 2.05) is 0 Å². The Morgan fingerprint density at radius 2 is 1.82 bits per heavy atom. The number of nitrogens with zero attached hydrogens (tertiary/aromatic N) is 1. The van der Waals surface area contributed by atoms with E-state index in [4.69, 9.17) is 5.73 Å². The van der Waals surface area contributed by atoms with E-state index in [1.54, 1.807) is 0 Å². The van der Waals surface area contributed by atoms with Crippen LogP contribution in [0.5, 0.6) is 0 Å². The maximum Gasteiger partial charge on any atom is 0.0453 e. The van der Waals surface area contributed by atoms with E-state index in [1.165, 1.54) is 23.1 Å². The fourth-order valence-corrected chi connectivity index (χ4v) is 3.64. The van der Waals surface area contributed by atoms with Gasteiger partial charge in [-0.25, -0.2) is 0 Å². The highest BCUT2D eigenvalue weighted by Gasteiger charge is 2.37. The molecule has 2 heteroatoms. The predicted octanol–water partition coefficient (Wildman–Crippen LogP) is 4.22. The van der Waals surface area contributed by atoms with Crippen molar-refractivity contribution >= 4 is 0 Å². The van der Waals surface area contributed by atoms with Crippen molar-refractivity contribution in [2.24, 2.45) is 5.73 Å². The summed E-state index contributed by atoms with van der Waals surface area (Å²) in [6, 6.07) is 20.5. The first-order valence-corrected chi connectivity index (χ1v) is 8.33. The molecule has 116 valence electrons. The SMILES string of the molecule is CCC(c1ccccc1)N1CC[C@H]1[C@@H](N)c1cccc(C)c1. The minimum absolute atomic E-state index is 0.103. The quantitative estimate of drug-likeness (QED) is 0.894. The first kappa shape index (κ1) is 15.3. The summed E-state index contributed by atoms with van der Waals surface area (Å²) in [5.41, 5.74) is 10.5. The van der Waals surface area contributed by atoms with Gasteiger partial charge in [-0.05, 0) is 30.9 Å². The second-order valence-corrected chi connectivity index (χ2v) is 6.37. The third-order valence-electron chi connectivity index (χ3n) is 4.92. The van der Waals surface area contributed by atoms with E-state index < -0.39 is 0 Å². The summed E-state index contributed by atoms with van der Waals surface area (Å²) in [5, 5.41) is 0. The minimum Gasteiger partial charge on any atom is -0.323 e. The Balaban J connectivity index is 1.78. The zero-order valence-electron chi connectivity index (χ0n) is 13.6. The molecule has 2 N–H and O–H groups in total. The molecule has 1 heterocycles. The van der Waals surface area contributed by atoms with Gasteiger partial charge < -0.3 is 5.73 Å². The van der Waals surface area contributed by atoms with Gasteiger partial charge in [-0.1, -0.05) is 67.1 Å². The maximum atomic E-state index is 6.59. The monoisotopic (exact) mass is 294 g/mol. The van der Waals surface area contributed by atoms with Crippen LogP contribution < -0.4 is 5.73 Å². The molecule has 0 bridgehead atoms. The van der Waals surface area contributed by atoms with Gasteiger partial charge in [0.1, 0.15) is 0 Å². The molecule has 0 saturated carbocycles. The van der Waals surface area contributed by atoms with E-state index >= 15 is 0 Å². The van der Waals surface area contributed by atoms with Gasteiger partial charge in [0.2, 0.25) is 0 Å². The standard InChI is InChI=1S/C20H26N2/c1-3-18(16-9-5-4-6-10-16)22-13-12-19(22)20(21)17-11-7-8-15(2)14-17/h4-11,14,18-20H,3,12-13,21H2,1-2H3/t18?,19-,20-/m0/s1. The summed E-state index contributed by atoms with van der Waals surface area (Å²) in [6.45, 7) is 5.55. The average Bonchev–Trinajstić information content (AvgIpc) is 2.52. The number of hydrogen-bond donors (Lipinski definition) is 1. The van der Waals surface area contributed by atoms with E-state index in [0.29, 0.717) is 12.1 Å². The molecular formula is C20H26N2. The van der Waals surface area contributed by atoms with Crippen LogP contribution >= 0.6 is 0 Å². The van der Waals surface area contributed by atoms with Crippen molar-refractivity contribution in [3.63, 3.8) is 0 Å². The Hall–Kier alpha value is -1.64. The summed E-state index contributed by atoms with van der Waals surface area (Å²) in [7, 11) is 0. The van der Waals surface area contributed by atoms with Crippen LogP contribution in [0.3, 0.4) is 0 Å². The van der Waals surface area contributed by atoms with Crippen LogP contribution in [0.2, 0.25) is 0 Å². The zero-order valence-corrected chi connectivity index (χ0v) is 13.6. The lowest BCUT2D eigenvalue weighted by molar-refractivity contribution is 0.0217. The van der Waals surface area contributed by atoms with E-state index in [0.717, 1.165) is 13.0 Å². The molecule has 0 aliphatic carbocycles. The van der Waals surface area contributed by atoms with Gasteiger partial charge in [0.15, 0.2) is 0 Å². The van der Waals surface area contributed by atoms with E-state index in [-0.39, 0.29) is 6.04 Å². The van der Waals surface area contributed by atoms with Crippen LogP contribution in [0, 0.1) is 6.92 Å². The molecule has 2 aromatic rings. The number of rotatable bonds is 5. The number of nitrogens with two attached hydrogens (primary N) is 1. The third-order valence-corrected chi connectivity index (χ3v) is 4.92. The first-order chi connectivity index (χ1) is 10.7. The Morgan fingerprint density at radius 1 is 1.09 bits per heavy atom. The van der Waals surface area contributed by atoms with Crippen LogP contribution in [0.4, 0.5) is 0 Å². The number of aryl methyl sites for hydroxylation is 1. The van der Waals surface area contributed by atoms with Gasteiger partial charge in [-0.2, -0.15) is 0 Å². The van der Waals surface area contributed by atoms with E-state index in [2.05, 4.69) is 73.3 Å². The molecule has 2 aromatic carbocycles. The molecule has 1 unspecified atom stereocenters. The summed E-state index contributed by atoms with van der Waals surface area (Å²) in [5.74, 6) is 0. The molecule has 0 amide bonds. The van der Waals surface area contributed by atoms with Gasteiger partial charge in [-0.3, -0.25) is 4.90 Å². The van der Waals surface area contributed by atoms with Crippen LogP contribution in [0.15, 0.2) is 54.6 Å². The minimum atomic E-state index is 0.103. The van der Waals surface area contributed by atoms with Crippen LogP contribution in [0.1, 0.15) is 48.5 Å². The first-order valence-electron chi connectivity index (χ1n) is 8.33. The number of benzene rings is 2. The molecule has 3 rings (SSSR count). The second kappa shape index (κ2) is 6.64. The Morgan fingerprint density at radius 3 is 2.41 bits per heavy atom. The molecule has 22 heavy (non-hydrogen) atoms. The van der Waals surface area contributed by atoms with Crippen LogP contribution in [-0.4, -0.2) is 17.5 Å². The van der Waals surface area contributed by atoms with Gasteiger partial charge in [0.05, 0.1) is 0 Å². The van der Waals surface area contributed by atoms with Crippen molar-refractivity contribution in [1.82, 2.24) is 4.90 Å². The summed E-state index contributed by atoms with van der Waals surface area (Å²) in [6.07, 6.45) is 2.32. The fourth-order valence-electron chi connectivity index (χ4n) is 3.64. The Bertz CT molecular complexity index is 608. The molecular weight excluding hydrogens is 268 g/mol. The topological polar surface area (TPSA) is 29.3 Å². The molecule has 1 fully saturated rings. The highest BCUT2D eigenvalue weighted by molar-refractivity contribution is 5.27. The lowest BCUT2D eigenvalue weighted by Crippen LogP contribution is -2.54. The van der Waals surface area contributed by atoms with Crippen molar-refractivity contribution in [2.45, 2.75) is 44.8 Å². The van der Waals surface area contributed by atoms with Crippen molar-refractivity contribution in [3.8, 4) is 0 Å². The van der Waals surface area contributed by atoms with Crippen LogP contribution in [-0.2, 0) is 0 Å². The lowest BCUT2D eigenvalue weighted by Gasteiger charge is -2.49. The Kier molecular flexibility index (Phi) is 4.60. The maximum absolute atomic E-state index is 6.59. The highest BCUT2D eigenvalue weighted by Crippen LogP contribution is 2.37. The van der Waals surface area contributed by atoms with Gasteiger partial charge in [-0.15, -0.1) is 0 Å². The normalized spacial score (nSPS) is 21.1. The van der Waals surface area contributed by atoms with Gasteiger partial charge in [0.25, 0.3) is 0 Å². The predicted molar refractivity (Wildman–Crippen MR) is 92.7 cm³/mol. The number of hydrogen-bond acceptors (Lipinski definition) is 2. The molecule has 3 atom stereocenters. The molecule has 0 aromatic heterocycles. The molecule has 1 aliphatic rings. The van der Waals surface area contributed by atoms with Crippen molar-refractivity contribution in [2.75, 3.05) is 6.54 Å².